The van der Waals surface area contributed by atoms with Gasteiger partial charge in [0, 0.05) is 29.9 Å². The maximum Gasteiger partial charge on any atom is 0.311 e. The molecule has 2 aromatic rings. The number of nitrogens with zero attached hydrogens (tertiary/aromatic N) is 2. The maximum absolute atomic E-state index is 12.9. The molecule has 1 aromatic carbocycles. The van der Waals surface area contributed by atoms with Crippen molar-refractivity contribution in [2.75, 3.05) is 19.6 Å². The Bertz CT molecular complexity index is 1030. The first kappa shape index (κ1) is 26.7. The van der Waals surface area contributed by atoms with Crippen LogP contribution in [0.2, 0.25) is 0 Å². The molecular weight excluding hydrogens is 448 g/mol. The highest BCUT2D eigenvalue weighted by Gasteiger charge is 2.35. The molecule has 0 bridgehead atoms. The van der Waals surface area contributed by atoms with E-state index in [0.29, 0.717) is 18.1 Å². The van der Waals surface area contributed by atoms with Gasteiger partial charge >= 0.3 is 5.97 Å². The van der Waals surface area contributed by atoms with E-state index >= 15 is 0 Å². The van der Waals surface area contributed by atoms with Gasteiger partial charge in [-0.1, -0.05) is 39.5 Å². The molecule has 2 aliphatic rings. The van der Waals surface area contributed by atoms with Crippen molar-refractivity contribution in [2.24, 2.45) is 5.92 Å². The Balaban J connectivity index is 1.54. The number of benzene rings is 1. The highest BCUT2D eigenvalue weighted by molar-refractivity contribution is 5.84. The summed E-state index contributed by atoms with van der Waals surface area (Å²) in [4.78, 5) is 19.8. The lowest BCUT2D eigenvalue weighted by molar-refractivity contribution is -0.134. The van der Waals surface area contributed by atoms with Crippen molar-refractivity contribution >= 4 is 5.97 Å². The van der Waals surface area contributed by atoms with Gasteiger partial charge in [0.05, 0.1) is 5.56 Å². The molecule has 3 heterocycles. The van der Waals surface area contributed by atoms with Crippen LogP contribution in [0.5, 0.6) is 11.5 Å². The minimum atomic E-state index is -0.478. The van der Waals surface area contributed by atoms with Gasteiger partial charge in [0.2, 0.25) is 0 Å². The Labute approximate surface area is 217 Å². The average molecular weight is 493 g/mol. The minimum absolute atomic E-state index is 0.170. The number of hydrogen-bond acceptors (Lipinski definition) is 5. The molecule has 1 saturated heterocycles. The van der Waals surface area contributed by atoms with Crippen molar-refractivity contribution in [3.8, 4) is 22.6 Å². The molecule has 2 aliphatic heterocycles. The molecule has 0 spiro atoms. The number of ether oxygens (including phenoxy) is 2. The monoisotopic (exact) mass is 492 g/mol. The molecule has 4 rings (SSSR count). The van der Waals surface area contributed by atoms with E-state index in [4.69, 9.17) is 9.47 Å². The number of likely N-dealkylation sites (tertiary alicyclic amines) is 1. The third-order valence-corrected chi connectivity index (χ3v) is 7.73. The van der Waals surface area contributed by atoms with Crippen LogP contribution in [0.15, 0.2) is 30.6 Å². The molecule has 36 heavy (non-hydrogen) atoms. The number of fused-ring (bicyclic) bond motifs is 3. The standard InChI is InChI=1S/C31H44N2O3/c1-5-6-7-11-23(2)13-14-24-20-27(35-29(34)12-10-19-33-17-8-9-18-33)30-25-22-32-16-15-26(25)31(3,4)36-28(30)21-24/h15-16,20-23H,5-14,17-19H2,1-4H3. The topological polar surface area (TPSA) is 51.7 Å². The molecule has 1 aromatic heterocycles. The quantitative estimate of drug-likeness (QED) is 0.177. The van der Waals surface area contributed by atoms with Crippen molar-refractivity contribution in [3.63, 3.8) is 0 Å². The van der Waals surface area contributed by atoms with E-state index in [1.54, 1.807) is 6.20 Å². The average Bonchev–Trinajstić information content (AvgIpc) is 3.36. The Hall–Kier alpha value is -2.40. The summed E-state index contributed by atoms with van der Waals surface area (Å²) in [6, 6.07) is 6.22. The van der Waals surface area contributed by atoms with Crippen molar-refractivity contribution < 1.29 is 14.3 Å². The summed E-state index contributed by atoms with van der Waals surface area (Å²) in [5, 5.41) is 0. The summed E-state index contributed by atoms with van der Waals surface area (Å²) < 4.78 is 12.6. The van der Waals surface area contributed by atoms with Crippen LogP contribution >= 0.6 is 0 Å². The van der Waals surface area contributed by atoms with Gasteiger partial charge in [-0.2, -0.15) is 0 Å². The third-order valence-electron chi connectivity index (χ3n) is 7.73. The summed E-state index contributed by atoms with van der Waals surface area (Å²) in [6.45, 7) is 12.0. The summed E-state index contributed by atoms with van der Waals surface area (Å²) in [6.07, 6.45) is 14.7. The van der Waals surface area contributed by atoms with Crippen molar-refractivity contribution in [3.05, 3.63) is 41.7 Å². The Kier molecular flexibility index (Phi) is 9.05. The lowest BCUT2D eigenvalue weighted by Crippen LogP contribution is -2.29. The normalized spacial score (nSPS) is 17.2. The molecule has 1 atom stereocenters. The second-order valence-electron chi connectivity index (χ2n) is 11.3. The zero-order valence-electron chi connectivity index (χ0n) is 22.8. The van der Waals surface area contributed by atoms with Crippen LogP contribution in [0.3, 0.4) is 0 Å². The molecule has 196 valence electrons. The maximum atomic E-state index is 12.9. The molecule has 5 heteroatoms. The molecule has 0 amide bonds. The second kappa shape index (κ2) is 12.2. The van der Waals surface area contributed by atoms with Gasteiger partial charge in [-0.3, -0.25) is 9.78 Å². The summed E-state index contributed by atoms with van der Waals surface area (Å²) in [7, 11) is 0. The van der Waals surface area contributed by atoms with E-state index in [9.17, 15) is 4.79 Å². The van der Waals surface area contributed by atoms with Gasteiger partial charge in [-0.25, -0.2) is 0 Å². The van der Waals surface area contributed by atoms with Crippen LogP contribution in [0.4, 0.5) is 0 Å². The Morgan fingerprint density at radius 1 is 1.17 bits per heavy atom. The lowest BCUT2D eigenvalue weighted by atomic mass is 9.86. The van der Waals surface area contributed by atoms with Gasteiger partial charge in [-0.05, 0) is 95.3 Å². The summed E-state index contributed by atoms with van der Waals surface area (Å²) in [5.41, 5.74) is 3.59. The number of carbonyl (C=O) groups is 1. The molecule has 1 fully saturated rings. The van der Waals surface area contributed by atoms with Crippen molar-refractivity contribution in [1.82, 2.24) is 9.88 Å². The summed E-state index contributed by atoms with van der Waals surface area (Å²) in [5.74, 6) is 1.90. The number of unbranched alkanes of at least 4 members (excludes halogenated alkanes) is 2. The molecule has 0 radical (unpaired) electrons. The molecule has 0 saturated carbocycles. The van der Waals surface area contributed by atoms with E-state index < -0.39 is 5.60 Å². The van der Waals surface area contributed by atoms with Crippen molar-refractivity contribution in [1.29, 1.82) is 0 Å². The van der Waals surface area contributed by atoms with Crippen LogP contribution in [-0.4, -0.2) is 35.5 Å². The lowest BCUT2D eigenvalue weighted by Gasteiger charge is -2.35. The number of hydrogen-bond donors (Lipinski definition) is 0. The van der Waals surface area contributed by atoms with Gasteiger partial charge in [-0.15, -0.1) is 0 Å². The molecular formula is C31H44N2O3. The van der Waals surface area contributed by atoms with Gasteiger partial charge in [0.15, 0.2) is 0 Å². The predicted octanol–water partition coefficient (Wildman–Crippen LogP) is 7.31. The van der Waals surface area contributed by atoms with Crippen LogP contribution in [0.1, 0.15) is 96.6 Å². The highest BCUT2D eigenvalue weighted by Crippen LogP contribution is 2.49. The highest BCUT2D eigenvalue weighted by atomic mass is 16.5. The number of carbonyl (C=O) groups excluding carboxylic acids is 1. The number of aryl methyl sites for hydroxylation is 1. The predicted molar refractivity (Wildman–Crippen MR) is 145 cm³/mol. The first-order valence-electron chi connectivity index (χ1n) is 14.1. The number of rotatable bonds is 12. The fourth-order valence-electron chi connectivity index (χ4n) is 5.59. The largest absolute Gasteiger partial charge is 0.482 e. The number of pyridine rings is 1. The van der Waals surface area contributed by atoms with Crippen LogP contribution in [0.25, 0.3) is 11.1 Å². The smallest absolute Gasteiger partial charge is 0.311 e. The van der Waals surface area contributed by atoms with E-state index in [0.717, 1.165) is 61.3 Å². The third kappa shape index (κ3) is 6.67. The SMILES string of the molecule is CCCCCC(C)CCc1cc(OC(=O)CCCN2CCCC2)c2c(c1)OC(C)(C)c1ccncc1-2. The van der Waals surface area contributed by atoms with E-state index in [2.05, 4.69) is 49.7 Å². The Morgan fingerprint density at radius 3 is 2.75 bits per heavy atom. The number of esters is 1. The van der Waals surface area contributed by atoms with Gasteiger partial charge in [0.25, 0.3) is 0 Å². The fourth-order valence-corrected chi connectivity index (χ4v) is 5.59. The number of aromatic nitrogens is 1. The zero-order chi connectivity index (χ0) is 25.5. The zero-order valence-corrected chi connectivity index (χ0v) is 22.8. The van der Waals surface area contributed by atoms with Crippen LogP contribution in [-0.2, 0) is 16.8 Å². The van der Waals surface area contributed by atoms with E-state index in [-0.39, 0.29) is 5.97 Å². The first-order valence-corrected chi connectivity index (χ1v) is 14.1. The molecule has 5 nitrogen and oxygen atoms in total. The van der Waals surface area contributed by atoms with Gasteiger partial charge in [0.1, 0.15) is 17.1 Å². The van der Waals surface area contributed by atoms with E-state index in [1.807, 2.05) is 12.3 Å². The first-order chi connectivity index (χ1) is 17.4. The minimum Gasteiger partial charge on any atom is -0.482 e. The second-order valence-corrected chi connectivity index (χ2v) is 11.3. The van der Waals surface area contributed by atoms with E-state index in [1.165, 1.54) is 44.1 Å². The Morgan fingerprint density at radius 2 is 1.97 bits per heavy atom. The van der Waals surface area contributed by atoms with Crippen LogP contribution in [0, 0.1) is 5.92 Å². The molecule has 0 N–H and O–H groups in total. The molecule has 1 unspecified atom stereocenters. The van der Waals surface area contributed by atoms with Crippen molar-refractivity contribution in [2.45, 2.75) is 97.5 Å². The fraction of sp³-hybridized carbons (Fsp3) is 0.613. The molecule has 0 aliphatic carbocycles. The van der Waals surface area contributed by atoms with Gasteiger partial charge < -0.3 is 14.4 Å². The summed E-state index contributed by atoms with van der Waals surface area (Å²) >= 11 is 0. The van der Waals surface area contributed by atoms with Crippen LogP contribution < -0.4 is 9.47 Å².